The van der Waals surface area contributed by atoms with Crippen LogP contribution in [-0.2, 0) is 0 Å². The minimum Gasteiger partial charge on any atom is -0.508 e. The normalized spacial score (nSPS) is 22.3. The first-order chi connectivity index (χ1) is 15.1. The van der Waals surface area contributed by atoms with Gasteiger partial charge in [0.2, 0.25) is 5.88 Å². The summed E-state index contributed by atoms with van der Waals surface area (Å²) in [4.78, 5) is 19.5. The van der Waals surface area contributed by atoms with Gasteiger partial charge in [-0.1, -0.05) is 6.07 Å². The van der Waals surface area contributed by atoms with E-state index in [9.17, 15) is 9.90 Å². The Morgan fingerprint density at radius 3 is 2.69 bits per heavy atom. The maximum atomic E-state index is 12.3. The first-order valence-corrected chi connectivity index (χ1v) is 10.9. The van der Waals surface area contributed by atoms with Crippen LogP contribution in [0.2, 0.25) is 0 Å². The van der Waals surface area contributed by atoms with Gasteiger partial charge in [0.05, 0.1) is 17.9 Å². The second kappa shape index (κ2) is 6.87. The highest BCUT2D eigenvalue weighted by atomic mass is 16.5. The van der Waals surface area contributed by atoms with E-state index in [4.69, 9.17) is 21.2 Å². The number of phenolic OH excluding ortho intramolecular Hbond substituents is 1. The summed E-state index contributed by atoms with van der Waals surface area (Å²) in [6.45, 7) is 7.35. The Morgan fingerprint density at radius 1 is 1.31 bits per heavy atom. The van der Waals surface area contributed by atoms with Gasteiger partial charge in [-0.25, -0.2) is 0 Å². The molecule has 1 saturated heterocycles. The maximum Gasteiger partial charge on any atom is 0.253 e. The number of benzene rings is 1. The topological polar surface area (TPSA) is 120 Å². The van der Waals surface area contributed by atoms with Gasteiger partial charge in [-0.3, -0.25) is 9.36 Å². The van der Waals surface area contributed by atoms with Crippen molar-refractivity contribution in [2.45, 2.75) is 39.7 Å². The number of fused-ring (bicyclic) bond motifs is 2. The van der Waals surface area contributed by atoms with Crippen LogP contribution in [0.1, 0.15) is 39.9 Å². The van der Waals surface area contributed by atoms with Gasteiger partial charge in [-0.15, -0.1) is 0 Å². The fourth-order valence-electron chi connectivity index (χ4n) is 5.32. The Balaban J connectivity index is 1.66. The largest absolute Gasteiger partial charge is 0.508 e. The molecule has 2 atom stereocenters. The van der Waals surface area contributed by atoms with Crippen molar-refractivity contribution < 1.29 is 14.6 Å². The summed E-state index contributed by atoms with van der Waals surface area (Å²) in [5.74, 6) is 0.245. The minimum atomic E-state index is -0.620. The molecule has 1 aliphatic heterocycles. The highest BCUT2D eigenvalue weighted by molar-refractivity contribution is 6.11. The molecule has 0 spiro atoms. The lowest BCUT2D eigenvalue weighted by atomic mass is 10.1. The van der Waals surface area contributed by atoms with Crippen LogP contribution < -0.4 is 16.2 Å². The lowest BCUT2D eigenvalue weighted by Crippen LogP contribution is -2.18. The molecular formula is C24H29N5O3. The van der Waals surface area contributed by atoms with Crippen LogP contribution in [0.3, 0.4) is 0 Å². The molecule has 0 bridgehead atoms. The van der Waals surface area contributed by atoms with Gasteiger partial charge in [0.1, 0.15) is 11.6 Å². The minimum absolute atomic E-state index is 0.139. The molecule has 32 heavy (non-hydrogen) atoms. The third kappa shape index (κ3) is 2.86. The molecular weight excluding hydrogens is 406 g/mol. The summed E-state index contributed by atoms with van der Waals surface area (Å²) in [5, 5.41) is 10.9. The lowest BCUT2D eigenvalue weighted by Gasteiger charge is -2.17. The van der Waals surface area contributed by atoms with Crippen LogP contribution >= 0.6 is 0 Å². The Morgan fingerprint density at radius 2 is 2.06 bits per heavy atom. The van der Waals surface area contributed by atoms with E-state index < -0.39 is 5.91 Å². The first kappa shape index (κ1) is 20.6. The number of carbonyl (C=O) groups excluding carboxylic acids is 1. The molecule has 5 N–H and O–H groups in total. The predicted molar refractivity (Wildman–Crippen MR) is 123 cm³/mol. The van der Waals surface area contributed by atoms with Crippen LogP contribution in [0, 0.1) is 26.2 Å². The molecule has 2 unspecified atom stereocenters. The second-order valence-electron chi connectivity index (χ2n) is 9.42. The summed E-state index contributed by atoms with van der Waals surface area (Å²) in [7, 11) is 2.16. The number of carbonyl (C=O) groups is 1. The van der Waals surface area contributed by atoms with Crippen molar-refractivity contribution >= 4 is 22.8 Å². The summed E-state index contributed by atoms with van der Waals surface area (Å²) in [6, 6.07) is 5.90. The van der Waals surface area contributed by atoms with E-state index >= 15 is 0 Å². The van der Waals surface area contributed by atoms with Gasteiger partial charge in [-0.05, 0) is 64.9 Å². The van der Waals surface area contributed by atoms with Crippen molar-refractivity contribution in [1.82, 2.24) is 14.5 Å². The average Bonchev–Trinajstić information content (AvgIpc) is 3.29. The highest BCUT2D eigenvalue weighted by Crippen LogP contribution is 2.56. The van der Waals surface area contributed by atoms with Gasteiger partial charge in [0.15, 0.2) is 5.65 Å². The molecule has 8 heteroatoms. The molecule has 0 radical (unpaired) electrons. The number of nitrogen functional groups attached to an aromatic ring is 1. The molecule has 1 aliphatic carbocycles. The van der Waals surface area contributed by atoms with Crippen molar-refractivity contribution in [2.75, 3.05) is 25.9 Å². The lowest BCUT2D eigenvalue weighted by molar-refractivity contribution is 0.100. The number of aromatic hydroxyl groups is 1. The SMILES string of the molecule is Cc1cc2c(C(N)=O)c(N)n(-c3c(C)ccc(O)c3C)c2nc1OCC12CCN(C)C1C2. The molecule has 8 nitrogen and oxygen atoms in total. The number of likely N-dealkylation sites (tertiary alicyclic amines) is 1. The second-order valence-corrected chi connectivity index (χ2v) is 9.42. The van der Waals surface area contributed by atoms with Crippen LogP contribution in [0.4, 0.5) is 5.82 Å². The van der Waals surface area contributed by atoms with E-state index in [2.05, 4.69) is 11.9 Å². The van der Waals surface area contributed by atoms with E-state index in [-0.39, 0.29) is 22.5 Å². The van der Waals surface area contributed by atoms with Crippen molar-refractivity contribution in [3.63, 3.8) is 0 Å². The van der Waals surface area contributed by atoms with Crippen molar-refractivity contribution in [3.05, 3.63) is 40.5 Å². The van der Waals surface area contributed by atoms with Gasteiger partial charge in [0.25, 0.3) is 5.91 Å². The quantitative estimate of drug-likeness (QED) is 0.567. The Bertz CT molecular complexity index is 1280. The zero-order valence-electron chi connectivity index (χ0n) is 18.9. The first-order valence-electron chi connectivity index (χ1n) is 10.9. The zero-order valence-corrected chi connectivity index (χ0v) is 18.9. The van der Waals surface area contributed by atoms with Gasteiger partial charge in [0, 0.05) is 28.0 Å². The number of hydrogen-bond acceptors (Lipinski definition) is 6. The number of hydrogen-bond donors (Lipinski definition) is 3. The van der Waals surface area contributed by atoms with Crippen LogP contribution in [0.5, 0.6) is 11.6 Å². The highest BCUT2D eigenvalue weighted by Gasteiger charge is 2.60. The van der Waals surface area contributed by atoms with Crippen LogP contribution in [-0.4, -0.2) is 51.7 Å². The number of nitrogens with two attached hydrogens (primary N) is 2. The molecule has 3 heterocycles. The van der Waals surface area contributed by atoms with E-state index in [0.29, 0.717) is 40.8 Å². The number of piperidine rings is 1. The summed E-state index contributed by atoms with van der Waals surface area (Å²) >= 11 is 0. The predicted octanol–water partition coefficient (Wildman–Crippen LogP) is 2.81. The number of amides is 1. The monoisotopic (exact) mass is 435 g/mol. The number of aromatic nitrogens is 2. The summed E-state index contributed by atoms with van der Waals surface area (Å²) in [5.41, 5.74) is 16.1. The van der Waals surface area contributed by atoms with Crippen LogP contribution in [0.25, 0.3) is 16.7 Å². The molecule has 2 aromatic heterocycles. The molecule has 3 aromatic rings. The molecule has 2 fully saturated rings. The van der Waals surface area contributed by atoms with Gasteiger partial charge in [-0.2, -0.15) is 4.98 Å². The van der Waals surface area contributed by atoms with E-state index in [1.54, 1.807) is 10.6 Å². The van der Waals surface area contributed by atoms with E-state index in [0.717, 1.165) is 30.5 Å². The number of primary amides is 1. The van der Waals surface area contributed by atoms with Gasteiger partial charge >= 0.3 is 0 Å². The van der Waals surface area contributed by atoms with E-state index in [1.807, 2.05) is 32.9 Å². The Kier molecular flexibility index (Phi) is 4.43. The smallest absolute Gasteiger partial charge is 0.253 e. The molecule has 1 amide bonds. The van der Waals surface area contributed by atoms with Gasteiger partial charge < -0.3 is 26.2 Å². The molecule has 168 valence electrons. The number of aryl methyl sites for hydroxylation is 2. The molecule has 1 saturated carbocycles. The Labute approximate surface area is 186 Å². The maximum absolute atomic E-state index is 12.3. The fraction of sp³-hybridized carbons (Fsp3) is 0.417. The number of phenols is 1. The van der Waals surface area contributed by atoms with Crippen LogP contribution in [0.15, 0.2) is 18.2 Å². The molecule has 1 aromatic carbocycles. The number of pyridine rings is 1. The third-order valence-electron chi connectivity index (χ3n) is 7.34. The van der Waals surface area contributed by atoms with Crippen molar-refractivity contribution in [2.24, 2.45) is 11.1 Å². The number of rotatable bonds is 5. The third-order valence-corrected chi connectivity index (χ3v) is 7.34. The summed E-state index contributed by atoms with van der Waals surface area (Å²) in [6.07, 6.45) is 2.29. The van der Waals surface area contributed by atoms with Crippen molar-refractivity contribution in [3.8, 4) is 17.3 Å². The average molecular weight is 436 g/mol. The zero-order chi connectivity index (χ0) is 22.9. The summed E-state index contributed by atoms with van der Waals surface area (Å²) < 4.78 is 7.95. The standard InChI is InChI=1S/C24H29N5O3/c1-12-5-6-16(30)14(3)19(12)29-20(25)18(21(26)31)15-9-13(2)23(27-22(15)29)32-11-24-7-8-28(4)17(24)10-24/h5-6,9,17,30H,7-8,10-11,25H2,1-4H3,(H2,26,31). The van der Waals surface area contributed by atoms with Crippen molar-refractivity contribution in [1.29, 1.82) is 0 Å². The fourth-order valence-corrected chi connectivity index (χ4v) is 5.32. The molecule has 2 aliphatic rings. The number of anilines is 1. The molecule has 5 rings (SSSR count). The Hall–Kier alpha value is -3.26. The van der Waals surface area contributed by atoms with E-state index in [1.165, 1.54) is 0 Å². The number of ether oxygens (including phenoxy) is 1. The number of nitrogens with zero attached hydrogens (tertiary/aromatic N) is 3.